The molecule has 3 N–H and O–H groups in total. The van der Waals surface area contributed by atoms with Gasteiger partial charge in [-0.2, -0.15) is 0 Å². The molecule has 1 aromatic heterocycles. The Morgan fingerprint density at radius 3 is 2.44 bits per heavy atom. The standard InChI is InChI=1S/C18H25N5O2/c1-4-23(5-2)11-10-19-17(24)14-6-8-15(9-7-14)20-12-16-13(3)21-22-18(16)25/h6-9,12H,4-5,10-11H2,1-3H3,(H,19,24)(H2,21,22,25). The highest BCUT2D eigenvalue weighted by atomic mass is 16.1. The maximum absolute atomic E-state index is 12.1. The van der Waals surface area contributed by atoms with Crippen molar-refractivity contribution in [2.75, 3.05) is 26.2 Å². The molecule has 1 heterocycles. The lowest BCUT2D eigenvalue weighted by Crippen LogP contribution is -2.34. The maximum atomic E-state index is 12.1. The Kier molecular flexibility index (Phi) is 6.71. The topological polar surface area (TPSA) is 93.3 Å². The van der Waals surface area contributed by atoms with Gasteiger partial charge in [-0.1, -0.05) is 13.8 Å². The highest BCUT2D eigenvalue weighted by Gasteiger charge is 2.06. The molecule has 0 spiro atoms. The summed E-state index contributed by atoms with van der Waals surface area (Å²) in [5.41, 5.74) is 2.30. The number of nitrogens with one attached hydrogen (secondary N) is 3. The summed E-state index contributed by atoms with van der Waals surface area (Å²) in [6.07, 6.45) is 1.52. The Morgan fingerprint density at radius 1 is 1.20 bits per heavy atom. The summed E-state index contributed by atoms with van der Waals surface area (Å²) in [5, 5.41) is 8.17. The molecule has 0 atom stereocenters. The Bertz CT molecular complexity index is 770. The number of H-pyrrole nitrogens is 2. The van der Waals surface area contributed by atoms with Gasteiger partial charge in [-0.25, -0.2) is 0 Å². The molecular weight excluding hydrogens is 318 g/mol. The molecule has 0 aliphatic carbocycles. The van der Waals surface area contributed by atoms with E-state index in [9.17, 15) is 9.59 Å². The van der Waals surface area contributed by atoms with E-state index >= 15 is 0 Å². The molecule has 1 amide bonds. The highest BCUT2D eigenvalue weighted by molar-refractivity contribution is 5.94. The van der Waals surface area contributed by atoms with Crippen LogP contribution >= 0.6 is 0 Å². The predicted octanol–water partition coefficient (Wildman–Crippen LogP) is 1.83. The van der Waals surface area contributed by atoms with Gasteiger partial charge >= 0.3 is 0 Å². The molecule has 0 aliphatic rings. The van der Waals surface area contributed by atoms with Crippen molar-refractivity contribution in [3.05, 3.63) is 51.4 Å². The Morgan fingerprint density at radius 2 is 1.88 bits per heavy atom. The molecule has 0 bridgehead atoms. The van der Waals surface area contributed by atoms with E-state index in [0.29, 0.717) is 23.4 Å². The molecular formula is C18H25N5O2. The van der Waals surface area contributed by atoms with Crippen molar-refractivity contribution in [1.29, 1.82) is 0 Å². The lowest BCUT2D eigenvalue weighted by molar-refractivity contribution is 0.0949. The smallest absolute Gasteiger partial charge is 0.272 e. The van der Waals surface area contributed by atoms with Crippen LogP contribution in [0.4, 0.5) is 5.69 Å². The quantitative estimate of drug-likeness (QED) is 0.638. The molecule has 25 heavy (non-hydrogen) atoms. The van der Waals surface area contributed by atoms with Crippen LogP contribution in [0.15, 0.2) is 34.1 Å². The lowest BCUT2D eigenvalue weighted by atomic mass is 10.2. The average molecular weight is 343 g/mol. The second kappa shape index (κ2) is 8.98. The third-order valence-corrected chi connectivity index (χ3v) is 4.09. The monoisotopic (exact) mass is 343 g/mol. The van der Waals surface area contributed by atoms with E-state index in [1.54, 1.807) is 31.2 Å². The summed E-state index contributed by atoms with van der Waals surface area (Å²) in [6, 6.07) is 6.97. The van der Waals surface area contributed by atoms with E-state index in [1.807, 2.05) is 0 Å². The van der Waals surface area contributed by atoms with Crippen LogP contribution < -0.4 is 10.9 Å². The van der Waals surface area contributed by atoms with Crippen molar-refractivity contribution in [3.8, 4) is 0 Å². The van der Waals surface area contributed by atoms with Gasteiger partial charge in [-0.15, -0.1) is 0 Å². The van der Waals surface area contributed by atoms with Crippen LogP contribution in [0.25, 0.3) is 0 Å². The maximum Gasteiger partial charge on any atom is 0.272 e. The first kappa shape index (κ1) is 18.7. The molecule has 2 rings (SSSR count). The van der Waals surface area contributed by atoms with E-state index in [4.69, 9.17) is 0 Å². The normalized spacial score (nSPS) is 11.4. The molecule has 2 aromatic rings. The van der Waals surface area contributed by atoms with Gasteiger partial charge in [0.15, 0.2) is 0 Å². The van der Waals surface area contributed by atoms with Crippen LogP contribution in [-0.2, 0) is 0 Å². The first-order valence-corrected chi connectivity index (χ1v) is 8.47. The minimum atomic E-state index is -0.203. The number of benzene rings is 1. The fourth-order valence-electron chi connectivity index (χ4n) is 2.42. The lowest BCUT2D eigenvalue weighted by Gasteiger charge is -2.17. The first-order valence-electron chi connectivity index (χ1n) is 8.47. The molecule has 134 valence electrons. The summed E-state index contributed by atoms with van der Waals surface area (Å²) in [6.45, 7) is 9.42. The van der Waals surface area contributed by atoms with Gasteiger partial charge < -0.3 is 15.3 Å². The fraction of sp³-hybridized carbons (Fsp3) is 0.389. The first-order chi connectivity index (χ1) is 12.0. The van der Waals surface area contributed by atoms with E-state index in [1.165, 1.54) is 6.21 Å². The third kappa shape index (κ3) is 5.15. The van der Waals surface area contributed by atoms with Gasteiger partial charge in [-0.3, -0.25) is 19.7 Å². The fourth-order valence-corrected chi connectivity index (χ4v) is 2.42. The summed E-state index contributed by atoms with van der Waals surface area (Å²) in [5.74, 6) is -0.0967. The minimum Gasteiger partial charge on any atom is -0.351 e. The number of aromatic nitrogens is 2. The summed E-state index contributed by atoms with van der Waals surface area (Å²) < 4.78 is 0. The van der Waals surface area contributed by atoms with E-state index in [0.717, 1.165) is 25.3 Å². The Balaban J connectivity index is 1.93. The second-order valence-corrected chi connectivity index (χ2v) is 5.71. The number of likely N-dealkylation sites (N-methyl/N-ethyl adjacent to an activating group) is 1. The van der Waals surface area contributed by atoms with Crippen molar-refractivity contribution >= 4 is 17.8 Å². The molecule has 7 nitrogen and oxygen atoms in total. The van der Waals surface area contributed by atoms with Crippen molar-refractivity contribution in [2.45, 2.75) is 20.8 Å². The molecule has 0 fully saturated rings. The van der Waals surface area contributed by atoms with Crippen LogP contribution in [0.3, 0.4) is 0 Å². The number of hydrogen-bond acceptors (Lipinski definition) is 4. The number of aromatic amines is 2. The molecule has 7 heteroatoms. The van der Waals surface area contributed by atoms with Crippen LogP contribution in [0.5, 0.6) is 0 Å². The van der Waals surface area contributed by atoms with Crippen LogP contribution in [0.1, 0.15) is 35.5 Å². The average Bonchev–Trinajstić information content (AvgIpc) is 2.95. The van der Waals surface area contributed by atoms with Gasteiger partial charge in [0.25, 0.3) is 11.5 Å². The Hall–Kier alpha value is -2.67. The third-order valence-electron chi connectivity index (χ3n) is 4.09. The van der Waals surface area contributed by atoms with Gasteiger partial charge in [-0.05, 0) is 44.3 Å². The number of hydrogen-bond donors (Lipinski definition) is 3. The van der Waals surface area contributed by atoms with Crippen LogP contribution in [-0.4, -0.2) is 53.4 Å². The van der Waals surface area contributed by atoms with Gasteiger partial charge in [0.2, 0.25) is 0 Å². The number of carbonyl (C=O) groups excluding carboxylic acids is 1. The number of aryl methyl sites for hydroxylation is 1. The minimum absolute atomic E-state index is 0.0967. The van der Waals surface area contributed by atoms with Gasteiger partial charge in [0.1, 0.15) is 0 Å². The molecule has 0 saturated carbocycles. The van der Waals surface area contributed by atoms with Crippen molar-refractivity contribution < 1.29 is 4.79 Å². The van der Waals surface area contributed by atoms with E-state index in [2.05, 4.69) is 39.3 Å². The number of amides is 1. The largest absolute Gasteiger partial charge is 0.351 e. The summed E-state index contributed by atoms with van der Waals surface area (Å²) in [4.78, 5) is 30.2. The van der Waals surface area contributed by atoms with Gasteiger partial charge in [0.05, 0.1) is 11.3 Å². The van der Waals surface area contributed by atoms with Crippen molar-refractivity contribution in [3.63, 3.8) is 0 Å². The van der Waals surface area contributed by atoms with Crippen molar-refractivity contribution in [2.24, 2.45) is 4.99 Å². The predicted molar refractivity (Wildman–Crippen MR) is 100.0 cm³/mol. The highest BCUT2D eigenvalue weighted by Crippen LogP contribution is 2.13. The zero-order chi connectivity index (χ0) is 18.2. The number of carbonyl (C=O) groups is 1. The zero-order valence-electron chi connectivity index (χ0n) is 14.9. The summed E-state index contributed by atoms with van der Waals surface area (Å²) >= 11 is 0. The van der Waals surface area contributed by atoms with Crippen LogP contribution in [0, 0.1) is 6.92 Å². The van der Waals surface area contributed by atoms with Crippen molar-refractivity contribution in [1.82, 2.24) is 20.4 Å². The molecule has 0 unspecified atom stereocenters. The molecule has 1 aromatic carbocycles. The van der Waals surface area contributed by atoms with E-state index in [-0.39, 0.29) is 11.5 Å². The van der Waals surface area contributed by atoms with Crippen LogP contribution in [0.2, 0.25) is 0 Å². The number of nitrogens with zero attached hydrogens (tertiary/aromatic N) is 2. The number of rotatable bonds is 8. The second-order valence-electron chi connectivity index (χ2n) is 5.71. The molecule has 0 radical (unpaired) electrons. The van der Waals surface area contributed by atoms with Gasteiger partial charge in [0, 0.05) is 30.6 Å². The summed E-state index contributed by atoms with van der Waals surface area (Å²) in [7, 11) is 0. The molecule has 0 saturated heterocycles. The molecule has 0 aliphatic heterocycles. The zero-order valence-corrected chi connectivity index (χ0v) is 14.9. The number of aliphatic imine (C=N–C) groups is 1. The SMILES string of the molecule is CCN(CC)CCNC(=O)c1ccc(N=Cc2c(C)[nH][nH]c2=O)cc1. The van der Waals surface area contributed by atoms with E-state index < -0.39 is 0 Å². The Labute approximate surface area is 147 Å².